The molecule has 0 aliphatic heterocycles. The van der Waals surface area contributed by atoms with Gasteiger partial charge in [0.2, 0.25) is 0 Å². The number of rotatable bonds is 4. The van der Waals surface area contributed by atoms with E-state index in [0.29, 0.717) is 23.0 Å². The van der Waals surface area contributed by atoms with E-state index in [0.717, 1.165) is 0 Å². The summed E-state index contributed by atoms with van der Waals surface area (Å²) in [7, 11) is 0. The summed E-state index contributed by atoms with van der Waals surface area (Å²) in [5.74, 6) is -0.227. The molecular weight excluding hydrogens is 216 g/mol. The zero-order valence-electron chi connectivity index (χ0n) is 8.24. The number of ketones is 1. The van der Waals surface area contributed by atoms with Gasteiger partial charge in [0.1, 0.15) is 5.38 Å². The van der Waals surface area contributed by atoms with Crippen molar-refractivity contribution in [2.45, 2.75) is 18.9 Å². The third-order valence-electron chi connectivity index (χ3n) is 2.15. The maximum atomic E-state index is 11.1. The number of Topliss-reactive ketones (excluding diaryl/α,β-unsaturated/α-hetero) is 1. The predicted molar refractivity (Wildman–Crippen MR) is 57.0 cm³/mol. The first-order valence-electron chi connectivity index (χ1n) is 4.44. The second kappa shape index (κ2) is 5.05. The largest absolute Gasteiger partial charge is 0.392 e. The van der Waals surface area contributed by atoms with Gasteiger partial charge in [0.15, 0.2) is 12.1 Å². The van der Waals surface area contributed by atoms with Crippen molar-refractivity contribution < 1.29 is 14.7 Å². The van der Waals surface area contributed by atoms with Crippen LogP contribution in [0.1, 0.15) is 33.8 Å². The summed E-state index contributed by atoms with van der Waals surface area (Å²) in [6.45, 7) is 1.11. The molecule has 0 radical (unpaired) electrons. The van der Waals surface area contributed by atoms with E-state index in [2.05, 4.69) is 0 Å². The molecule has 1 aromatic carbocycles. The first-order valence-corrected chi connectivity index (χ1v) is 4.87. The lowest BCUT2D eigenvalue weighted by Gasteiger charge is -2.11. The van der Waals surface area contributed by atoms with E-state index in [1.54, 1.807) is 18.2 Å². The normalized spacial score (nSPS) is 12.2. The van der Waals surface area contributed by atoms with E-state index in [1.165, 1.54) is 6.92 Å². The van der Waals surface area contributed by atoms with Crippen LogP contribution in [0.2, 0.25) is 0 Å². The molecule has 0 aliphatic carbocycles. The third-order valence-corrected chi connectivity index (χ3v) is 2.69. The molecule has 0 amide bonds. The SMILES string of the molecule is CC(=O)C(Cl)c1cccc(CO)c1C=O. The molecule has 0 spiro atoms. The van der Waals surface area contributed by atoms with Gasteiger partial charge in [-0.05, 0) is 18.1 Å². The molecule has 1 aromatic rings. The Balaban J connectivity index is 3.28. The Morgan fingerprint density at radius 2 is 2.27 bits per heavy atom. The zero-order valence-corrected chi connectivity index (χ0v) is 8.99. The second-order valence-corrected chi connectivity index (χ2v) is 3.61. The van der Waals surface area contributed by atoms with Gasteiger partial charge in [0, 0.05) is 5.56 Å². The number of benzene rings is 1. The molecule has 1 rings (SSSR count). The van der Waals surface area contributed by atoms with Gasteiger partial charge in [-0.2, -0.15) is 0 Å². The molecule has 0 saturated heterocycles. The number of hydrogen-bond acceptors (Lipinski definition) is 3. The Hall–Kier alpha value is -1.19. The summed E-state index contributed by atoms with van der Waals surface area (Å²) < 4.78 is 0. The minimum absolute atomic E-state index is 0.227. The number of alkyl halides is 1. The molecule has 0 fully saturated rings. The molecule has 3 nitrogen and oxygen atoms in total. The Morgan fingerprint density at radius 3 is 2.73 bits per heavy atom. The molecule has 15 heavy (non-hydrogen) atoms. The highest BCUT2D eigenvalue weighted by Crippen LogP contribution is 2.26. The number of carbonyl (C=O) groups excluding carboxylic acids is 2. The average Bonchev–Trinajstić information content (AvgIpc) is 2.26. The van der Waals surface area contributed by atoms with E-state index in [-0.39, 0.29) is 12.4 Å². The highest BCUT2D eigenvalue weighted by Gasteiger charge is 2.18. The van der Waals surface area contributed by atoms with E-state index in [1.807, 2.05) is 0 Å². The van der Waals surface area contributed by atoms with Gasteiger partial charge in [-0.25, -0.2) is 0 Å². The summed E-state index contributed by atoms with van der Waals surface area (Å²) in [5, 5.41) is 8.17. The van der Waals surface area contributed by atoms with Crippen LogP contribution in [0.25, 0.3) is 0 Å². The standard InChI is InChI=1S/C11H11ClO3/c1-7(15)11(12)9-4-2-3-8(5-13)10(9)6-14/h2-4,6,11,13H,5H2,1H3. The lowest BCUT2D eigenvalue weighted by Crippen LogP contribution is -2.07. The van der Waals surface area contributed by atoms with Crippen molar-refractivity contribution in [2.75, 3.05) is 0 Å². The quantitative estimate of drug-likeness (QED) is 0.630. The highest BCUT2D eigenvalue weighted by atomic mass is 35.5. The molecule has 1 atom stereocenters. The van der Waals surface area contributed by atoms with Crippen LogP contribution in [-0.4, -0.2) is 17.2 Å². The van der Waals surface area contributed by atoms with Crippen LogP contribution in [0.15, 0.2) is 18.2 Å². The first kappa shape index (κ1) is 11.9. The van der Waals surface area contributed by atoms with Gasteiger partial charge in [-0.15, -0.1) is 11.6 Å². The summed E-state index contributed by atoms with van der Waals surface area (Å²) in [6, 6.07) is 4.89. The van der Waals surface area contributed by atoms with Crippen LogP contribution in [0.3, 0.4) is 0 Å². The van der Waals surface area contributed by atoms with Crippen molar-refractivity contribution in [1.82, 2.24) is 0 Å². The number of aldehydes is 1. The first-order chi connectivity index (χ1) is 7.11. The fraction of sp³-hybridized carbons (Fsp3) is 0.273. The van der Waals surface area contributed by atoms with Crippen molar-refractivity contribution in [1.29, 1.82) is 0 Å². The van der Waals surface area contributed by atoms with Gasteiger partial charge < -0.3 is 5.11 Å². The molecule has 1 unspecified atom stereocenters. The number of halogens is 1. The van der Waals surface area contributed by atoms with Gasteiger partial charge in [-0.3, -0.25) is 9.59 Å². The van der Waals surface area contributed by atoms with Crippen LogP contribution in [0, 0.1) is 0 Å². The van der Waals surface area contributed by atoms with Crippen molar-refractivity contribution in [3.63, 3.8) is 0 Å². The smallest absolute Gasteiger partial charge is 0.152 e. The maximum absolute atomic E-state index is 11.1. The van der Waals surface area contributed by atoms with Crippen molar-refractivity contribution >= 4 is 23.7 Å². The lowest BCUT2D eigenvalue weighted by atomic mass is 9.98. The molecule has 0 aromatic heterocycles. The van der Waals surface area contributed by atoms with Crippen molar-refractivity contribution in [2.24, 2.45) is 0 Å². The fourth-order valence-corrected chi connectivity index (χ4v) is 1.54. The molecule has 80 valence electrons. The molecule has 0 aliphatic rings. The zero-order chi connectivity index (χ0) is 11.4. The fourth-order valence-electron chi connectivity index (χ4n) is 1.35. The molecule has 0 heterocycles. The number of aliphatic hydroxyl groups excluding tert-OH is 1. The van der Waals surface area contributed by atoms with Crippen molar-refractivity contribution in [3.05, 3.63) is 34.9 Å². The molecule has 1 N–H and O–H groups in total. The van der Waals surface area contributed by atoms with Crippen LogP contribution >= 0.6 is 11.6 Å². The Kier molecular flexibility index (Phi) is 4.00. The summed E-state index contributed by atoms with van der Waals surface area (Å²) >= 11 is 5.86. The summed E-state index contributed by atoms with van der Waals surface area (Å²) in [6.07, 6.45) is 0.610. The van der Waals surface area contributed by atoms with Crippen LogP contribution in [0.4, 0.5) is 0 Å². The third kappa shape index (κ3) is 2.43. The van der Waals surface area contributed by atoms with Gasteiger partial charge in [-0.1, -0.05) is 18.2 Å². The molecular formula is C11H11ClO3. The highest BCUT2D eigenvalue weighted by molar-refractivity contribution is 6.31. The minimum Gasteiger partial charge on any atom is -0.392 e. The van der Waals surface area contributed by atoms with Gasteiger partial charge >= 0.3 is 0 Å². The monoisotopic (exact) mass is 226 g/mol. The van der Waals surface area contributed by atoms with Gasteiger partial charge in [0.25, 0.3) is 0 Å². The molecule has 0 bridgehead atoms. The van der Waals surface area contributed by atoms with Crippen LogP contribution < -0.4 is 0 Å². The minimum atomic E-state index is -0.836. The number of aliphatic hydroxyl groups is 1. The topological polar surface area (TPSA) is 54.4 Å². The van der Waals surface area contributed by atoms with Crippen LogP contribution in [0.5, 0.6) is 0 Å². The average molecular weight is 227 g/mol. The Morgan fingerprint density at radius 1 is 1.60 bits per heavy atom. The van der Waals surface area contributed by atoms with E-state index in [4.69, 9.17) is 16.7 Å². The predicted octanol–water partition coefficient (Wildman–Crippen LogP) is 1.86. The maximum Gasteiger partial charge on any atom is 0.152 e. The summed E-state index contributed by atoms with van der Waals surface area (Å²) in [5.41, 5.74) is 1.23. The Labute approximate surface area is 92.7 Å². The molecule has 4 heteroatoms. The van der Waals surface area contributed by atoms with E-state index in [9.17, 15) is 9.59 Å². The number of carbonyl (C=O) groups is 2. The van der Waals surface area contributed by atoms with Gasteiger partial charge in [0.05, 0.1) is 6.61 Å². The van der Waals surface area contributed by atoms with Crippen LogP contribution in [-0.2, 0) is 11.4 Å². The van der Waals surface area contributed by atoms with E-state index < -0.39 is 5.38 Å². The molecule has 0 saturated carbocycles. The number of hydrogen-bond donors (Lipinski definition) is 1. The Bertz CT molecular complexity index is 387. The van der Waals surface area contributed by atoms with Crippen molar-refractivity contribution in [3.8, 4) is 0 Å². The second-order valence-electron chi connectivity index (χ2n) is 3.17. The lowest BCUT2D eigenvalue weighted by molar-refractivity contribution is -0.116. The summed E-state index contributed by atoms with van der Waals surface area (Å²) in [4.78, 5) is 22.0. The van der Waals surface area contributed by atoms with E-state index >= 15 is 0 Å².